The summed E-state index contributed by atoms with van der Waals surface area (Å²) in [6, 6.07) is 10.6. The van der Waals surface area contributed by atoms with Gasteiger partial charge in [-0.15, -0.1) is 0 Å². The van der Waals surface area contributed by atoms with E-state index in [1.165, 1.54) is 12.7 Å². The SMILES string of the molecule is COc1ccccc1-c1ocnc1C(=O)N1CCN(C(=O)c2ccco2)CC1. The lowest BCUT2D eigenvalue weighted by Crippen LogP contribution is -2.50. The molecular formula is C20H19N3O5. The molecular weight excluding hydrogens is 362 g/mol. The predicted molar refractivity (Wildman–Crippen MR) is 99.0 cm³/mol. The molecule has 2 aromatic heterocycles. The van der Waals surface area contributed by atoms with Gasteiger partial charge < -0.3 is 23.4 Å². The minimum atomic E-state index is -0.236. The van der Waals surface area contributed by atoms with Crippen molar-refractivity contribution >= 4 is 11.8 Å². The second kappa shape index (κ2) is 7.59. The number of aromatic nitrogens is 1. The highest BCUT2D eigenvalue weighted by molar-refractivity contribution is 5.98. The Kier molecular flexibility index (Phi) is 4.84. The summed E-state index contributed by atoms with van der Waals surface area (Å²) in [5, 5.41) is 0. The van der Waals surface area contributed by atoms with Gasteiger partial charge in [-0.3, -0.25) is 9.59 Å². The summed E-state index contributed by atoms with van der Waals surface area (Å²) in [6.07, 6.45) is 2.72. The Morgan fingerprint density at radius 2 is 1.68 bits per heavy atom. The lowest BCUT2D eigenvalue weighted by molar-refractivity contribution is 0.0515. The molecule has 1 aromatic carbocycles. The molecule has 0 unspecified atom stereocenters. The van der Waals surface area contributed by atoms with Gasteiger partial charge in [0, 0.05) is 26.2 Å². The Morgan fingerprint density at radius 3 is 2.36 bits per heavy atom. The van der Waals surface area contributed by atoms with Crippen LogP contribution in [0.5, 0.6) is 5.75 Å². The minimum Gasteiger partial charge on any atom is -0.496 e. The number of carbonyl (C=O) groups excluding carboxylic acids is 2. The second-order valence-corrected chi connectivity index (χ2v) is 6.29. The fraction of sp³-hybridized carbons (Fsp3) is 0.250. The number of methoxy groups -OCH3 is 1. The minimum absolute atomic E-state index is 0.173. The summed E-state index contributed by atoms with van der Waals surface area (Å²) in [6.45, 7) is 1.66. The quantitative estimate of drug-likeness (QED) is 0.690. The van der Waals surface area contributed by atoms with E-state index in [4.69, 9.17) is 13.6 Å². The molecule has 1 aliphatic heterocycles. The number of para-hydroxylation sites is 1. The molecule has 28 heavy (non-hydrogen) atoms. The smallest absolute Gasteiger partial charge is 0.289 e. The van der Waals surface area contributed by atoms with Crippen LogP contribution in [0.3, 0.4) is 0 Å². The molecule has 3 heterocycles. The van der Waals surface area contributed by atoms with Crippen LogP contribution in [0.2, 0.25) is 0 Å². The zero-order chi connectivity index (χ0) is 19.5. The van der Waals surface area contributed by atoms with Crippen molar-refractivity contribution in [3.63, 3.8) is 0 Å². The number of furan rings is 1. The van der Waals surface area contributed by atoms with Gasteiger partial charge in [0.2, 0.25) is 0 Å². The highest BCUT2D eigenvalue weighted by Crippen LogP contribution is 2.32. The van der Waals surface area contributed by atoms with Gasteiger partial charge in [0.1, 0.15) is 5.75 Å². The molecule has 0 radical (unpaired) electrons. The van der Waals surface area contributed by atoms with Crippen molar-refractivity contribution in [2.75, 3.05) is 33.3 Å². The maximum Gasteiger partial charge on any atom is 0.289 e. The highest BCUT2D eigenvalue weighted by Gasteiger charge is 2.30. The zero-order valence-corrected chi connectivity index (χ0v) is 15.3. The van der Waals surface area contributed by atoms with Crippen LogP contribution in [0, 0.1) is 0 Å². The Balaban J connectivity index is 1.48. The predicted octanol–water partition coefficient (Wildman–Crippen LogP) is 2.54. The van der Waals surface area contributed by atoms with Gasteiger partial charge in [-0.25, -0.2) is 4.98 Å². The van der Waals surface area contributed by atoms with E-state index in [0.29, 0.717) is 49.0 Å². The van der Waals surface area contributed by atoms with Crippen LogP contribution < -0.4 is 4.74 Å². The molecule has 0 N–H and O–H groups in total. The van der Waals surface area contributed by atoms with Crippen molar-refractivity contribution in [2.24, 2.45) is 0 Å². The first-order valence-corrected chi connectivity index (χ1v) is 8.88. The molecule has 144 valence electrons. The maximum atomic E-state index is 13.0. The van der Waals surface area contributed by atoms with Crippen molar-refractivity contribution < 1.29 is 23.2 Å². The van der Waals surface area contributed by atoms with E-state index in [1.807, 2.05) is 18.2 Å². The summed E-state index contributed by atoms with van der Waals surface area (Å²) < 4.78 is 16.0. The Morgan fingerprint density at radius 1 is 0.964 bits per heavy atom. The largest absolute Gasteiger partial charge is 0.496 e. The van der Waals surface area contributed by atoms with Gasteiger partial charge in [-0.2, -0.15) is 0 Å². The Bertz CT molecular complexity index is 971. The molecule has 1 saturated heterocycles. The average Bonchev–Trinajstić information content (AvgIpc) is 3.45. The van der Waals surface area contributed by atoms with Crippen molar-refractivity contribution in [1.29, 1.82) is 0 Å². The van der Waals surface area contributed by atoms with Crippen LogP contribution >= 0.6 is 0 Å². The van der Waals surface area contributed by atoms with E-state index >= 15 is 0 Å². The fourth-order valence-corrected chi connectivity index (χ4v) is 3.24. The molecule has 0 spiro atoms. The van der Waals surface area contributed by atoms with Crippen LogP contribution in [0.4, 0.5) is 0 Å². The number of nitrogens with zero attached hydrogens (tertiary/aromatic N) is 3. The summed E-state index contributed by atoms with van der Waals surface area (Å²) in [7, 11) is 1.56. The first kappa shape index (κ1) is 17.8. The topological polar surface area (TPSA) is 89.0 Å². The average molecular weight is 381 g/mol. The fourth-order valence-electron chi connectivity index (χ4n) is 3.24. The lowest BCUT2D eigenvalue weighted by Gasteiger charge is -2.34. The van der Waals surface area contributed by atoms with Crippen molar-refractivity contribution in [3.05, 3.63) is 60.5 Å². The van der Waals surface area contributed by atoms with Crippen molar-refractivity contribution in [3.8, 4) is 17.1 Å². The summed E-state index contributed by atoms with van der Waals surface area (Å²) in [4.78, 5) is 32.8. The van der Waals surface area contributed by atoms with Crippen molar-refractivity contribution in [1.82, 2.24) is 14.8 Å². The van der Waals surface area contributed by atoms with Gasteiger partial charge in [0.25, 0.3) is 11.8 Å². The molecule has 0 aliphatic carbocycles. The van der Waals surface area contributed by atoms with E-state index < -0.39 is 0 Å². The number of piperazine rings is 1. The summed E-state index contributed by atoms with van der Waals surface area (Å²) in [5.74, 6) is 0.862. The number of rotatable bonds is 4. The second-order valence-electron chi connectivity index (χ2n) is 6.29. The summed E-state index contributed by atoms with van der Waals surface area (Å²) >= 11 is 0. The van der Waals surface area contributed by atoms with Gasteiger partial charge in [-0.1, -0.05) is 12.1 Å². The molecule has 0 bridgehead atoms. The third-order valence-corrected chi connectivity index (χ3v) is 4.71. The van der Waals surface area contributed by atoms with Gasteiger partial charge >= 0.3 is 0 Å². The van der Waals surface area contributed by atoms with Crippen LogP contribution in [0.25, 0.3) is 11.3 Å². The van der Waals surface area contributed by atoms with E-state index in [9.17, 15) is 9.59 Å². The zero-order valence-electron chi connectivity index (χ0n) is 15.3. The van der Waals surface area contributed by atoms with Gasteiger partial charge in [0.05, 0.1) is 18.9 Å². The molecule has 0 atom stereocenters. The number of oxazole rings is 1. The van der Waals surface area contributed by atoms with Gasteiger partial charge in [-0.05, 0) is 24.3 Å². The van der Waals surface area contributed by atoms with E-state index in [2.05, 4.69) is 4.98 Å². The molecule has 1 fully saturated rings. The first-order valence-electron chi connectivity index (χ1n) is 8.88. The number of amides is 2. The Hall–Kier alpha value is -3.55. The molecule has 8 nitrogen and oxygen atoms in total. The summed E-state index contributed by atoms with van der Waals surface area (Å²) in [5.41, 5.74) is 0.896. The lowest BCUT2D eigenvalue weighted by atomic mass is 10.1. The van der Waals surface area contributed by atoms with Crippen LogP contribution in [-0.2, 0) is 0 Å². The third-order valence-electron chi connectivity index (χ3n) is 4.71. The first-order chi connectivity index (χ1) is 13.7. The molecule has 1 aliphatic rings. The highest BCUT2D eigenvalue weighted by atomic mass is 16.5. The molecule has 2 amide bonds. The van der Waals surface area contributed by atoms with Crippen LogP contribution in [-0.4, -0.2) is 59.9 Å². The van der Waals surface area contributed by atoms with E-state index in [0.717, 1.165) is 0 Å². The normalized spacial score (nSPS) is 14.2. The Labute approximate surface area is 161 Å². The van der Waals surface area contributed by atoms with Gasteiger partial charge in [0.15, 0.2) is 23.6 Å². The number of carbonyl (C=O) groups is 2. The van der Waals surface area contributed by atoms with Crippen LogP contribution in [0.1, 0.15) is 21.0 Å². The number of hydrogen-bond donors (Lipinski definition) is 0. The monoisotopic (exact) mass is 381 g/mol. The van der Waals surface area contributed by atoms with E-state index in [1.54, 1.807) is 35.1 Å². The van der Waals surface area contributed by atoms with Crippen molar-refractivity contribution in [2.45, 2.75) is 0 Å². The molecule has 0 saturated carbocycles. The molecule has 8 heteroatoms. The number of ether oxygens (including phenoxy) is 1. The third kappa shape index (κ3) is 3.24. The standard InChI is InChI=1S/C20H19N3O5/c1-26-15-6-3-2-5-14(15)18-17(21-13-28-18)20(25)23-10-8-22(9-11-23)19(24)16-7-4-12-27-16/h2-7,12-13H,8-11H2,1H3. The molecule has 3 aromatic rings. The maximum absolute atomic E-state index is 13.0. The number of hydrogen-bond acceptors (Lipinski definition) is 6. The van der Waals surface area contributed by atoms with Crippen LogP contribution in [0.15, 0.2) is 57.9 Å². The molecule has 4 rings (SSSR count). The van der Waals surface area contributed by atoms with E-state index in [-0.39, 0.29) is 17.5 Å². The number of benzene rings is 1.